The Hall–Kier alpha value is -2.29. The molecule has 4 aromatic rings. The van der Waals surface area contributed by atoms with E-state index < -0.39 is 5.97 Å². The van der Waals surface area contributed by atoms with Gasteiger partial charge in [0.25, 0.3) is 5.91 Å². The van der Waals surface area contributed by atoms with E-state index in [-0.39, 0.29) is 41.2 Å². The molecule has 0 unspecified atom stereocenters. The van der Waals surface area contributed by atoms with Gasteiger partial charge in [-0.15, -0.1) is 35.1 Å². The molecule has 0 radical (unpaired) electrons. The maximum absolute atomic E-state index is 12.6. The van der Waals surface area contributed by atoms with Crippen LogP contribution in [-0.4, -0.2) is 36.9 Å². The minimum atomic E-state index is -0.900. The molecular weight excluding hydrogens is 800 g/mol. The van der Waals surface area contributed by atoms with Crippen LogP contribution in [-0.2, 0) is 23.7 Å². The van der Waals surface area contributed by atoms with Gasteiger partial charge in [0.2, 0.25) is 0 Å². The van der Waals surface area contributed by atoms with Crippen LogP contribution in [0, 0.1) is 0 Å². The molecule has 6 rings (SSSR count). The van der Waals surface area contributed by atoms with E-state index in [2.05, 4.69) is 90.0 Å². The quantitative estimate of drug-likeness (QED) is 0.185. The summed E-state index contributed by atoms with van der Waals surface area (Å²) in [5.41, 5.74) is 10.4. The largest absolute Gasteiger partial charge is 0.477 e. The SMILES string of the molecule is CC(C)(C)c1ncc(C(=O)N[C@@H]2CCCc3cc(Br)cnc32)s1.CC(C)(C)c1ncc(C(=O)O)s1.Cl.N[C@@H]1CCCc2cc(Br)cnc21. The number of rotatable bonds is 3. The number of hydrogen-bond donors (Lipinski definition) is 3. The van der Waals surface area contributed by atoms with Crippen LogP contribution in [0.1, 0.15) is 131 Å². The van der Waals surface area contributed by atoms with E-state index in [4.69, 9.17) is 10.8 Å². The molecule has 4 N–H and O–H groups in total. The van der Waals surface area contributed by atoms with Gasteiger partial charge in [0.1, 0.15) is 9.75 Å². The first-order valence-electron chi connectivity index (χ1n) is 15.5. The lowest BCUT2D eigenvalue weighted by Crippen LogP contribution is -2.31. The molecule has 2 atom stereocenters. The summed E-state index contributed by atoms with van der Waals surface area (Å²) in [6.45, 7) is 12.3. The molecule has 4 heterocycles. The summed E-state index contributed by atoms with van der Waals surface area (Å²) in [6.07, 6.45) is 13.1. The van der Waals surface area contributed by atoms with Crippen molar-refractivity contribution in [1.29, 1.82) is 0 Å². The van der Waals surface area contributed by atoms with Gasteiger partial charge < -0.3 is 16.2 Å². The van der Waals surface area contributed by atoms with Crippen molar-refractivity contribution in [2.24, 2.45) is 5.73 Å². The number of carboxylic acid groups (broad SMARTS) is 1. The molecule has 2 aliphatic rings. The van der Waals surface area contributed by atoms with Gasteiger partial charge in [0.05, 0.1) is 39.8 Å². The zero-order valence-corrected chi connectivity index (χ0v) is 33.6. The number of aromatic carboxylic acids is 1. The molecule has 0 aliphatic heterocycles. The van der Waals surface area contributed by atoms with Gasteiger partial charge in [-0.3, -0.25) is 14.8 Å². The van der Waals surface area contributed by atoms with Crippen molar-refractivity contribution in [2.75, 3.05) is 0 Å². The average molecular weight is 843 g/mol. The summed E-state index contributed by atoms with van der Waals surface area (Å²) >= 11 is 9.58. The molecule has 9 nitrogen and oxygen atoms in total. The van der Waals surface area contributed by atoms with Gasteiger partial charge in [-0.05, 0) is 93.6 Å². The van der Waals surface area contributed by atoms with Gasteiger partial charge in [-0.2, -0.15) is 0 Å². The third-order valence-electron chi connectivity index (χ3n) is 7.55. The number of aryl methyl sites for hydroxylation is 2. The molecule has 0 saturated carbocycles. The van der Waals surface area contributed by atoms with Crippen molar-refractivity contribution >= 4 is 78.8 Å². The third-order valence-corrected chi connectivity index (χ3v) is 11.3. The Kier molecular flexibility index (Phi) is 14.3. The van der Waals surface area contributed by atoms with E-state index in [9.17, 15) is 9.59 Å². The zero-order chi connectivity index (χ0) is 34.5. The molecule has 14 heteroatoms. The number of thiazole rings is 2. The van der Waals surface area contributed by atoms with E-state index in [0.29, 0.717) is 9.75 Å². The normalized spacial score (nSPS) is 16.9. The van der Waals surface area contributed by atoms with Gasteiger partial charge in [-0.25, -0.2) is 14.8 Å². The number of halogens is 3. The van der Waals surface area contributed by atoms with Crippen molar-refractivity contribution in [1.82, 2.24) is 25.3 Å². The van der Waals surface area contributed by atoms with E-state index >= 15 is 0 Å². The first-order chi connectivity index (χ1) is 22.0. The Morgan fingerprint density at radius 1 is 0.792 bits per heavy atom. The summed E-state index contributed by atoms with van der Waals surface area (Å²) < 4.78 is 2.04. The molecule has 4 aromatic heterocycles. The van der Waals surface area contributed by atoms with Crippen molar-refractivity contribution in [2.45, 2.75) is 103 Å². The van der Waals surface area contributed by atoms with Crippen LogP contribution in [0.3, 0.4) is 0 Å². The van der Waals surface area contributed by atoms with Gasteiger partial charge in [0, 0.05) is 38.2 Å². The summed E-state index contributed by atoms with van der Waals surface area (Å²) in [5, 5.41) is 13.6. The monoisotopic (exact) mass is 840 g/mol. The number of hydrogen-bond acceptors (Lipinski definition) is 9. The number of nitrogens with two attached hydrogens (primary N) is 1. The smallest absolute Gasteiger partial charge is 0.347 e. The number of pyridine rings is 2. The van der Waals surface area contributed by atoms with Crippen LogP contribution in [0.25, 0.3) is 0 Å². The highest BCUT2D eigenvalue weighted by atomic mass is 79.9. The Morgan fingerprint density at radius 2 is 1.27 bits per heavy atom. The number of fused-ring (bicyclic) bond motifs is 2. The van der Waals surface area contributed by atoms with Crippen molar-refractivity contribution < 1.29 is 14.7 Å². The lowest BCUT2D eigenvalue weighted by Gasteiger charge is -2.25. The van der Waals surface area contributed by atoms with E-state index in [1.807, 2.05) is 27.0 Å². The minimum Gasteiger partial charge on any atom is -0.477 e. The van der Waals surface area contributed by atoms with Crippen molar-refractivity contribution in [3.63, 3.8) is 0 Å². The molecular formula is C34H43Br2ClN6O3S2. The fourth-order valence-electron chi connectivity index (χ4n) is 5.13. The Balaban J connectivity index is 0.000000212. The maximum Gasteiger partial charge on any atom is 0.347 e. The second kappa shape index (κ2) is 17.1. The standard InChI is InChI=1S/C17H20BrN3OS.C9H11BrN2.C8H11NO2S.ClH/c1-17(2,3)16-20-9-13(23-16)15(22)21-12-6-4-5-10-7-11(18)8-19-14(10)12;10-7-4-6-2-1-3-8(11)9(6)12-5-7;1-8(2,3)7-9-4-5(12-7)6(10)11;/h7-9,12H,4-6H2,1-3H3,(H,21,22);4-5,8H,1-3,11H2;4H,1-3H3,(H,10,11);1H/t12-;8-;;/m11../s1. The predicted molar refractivity (Wildman–Crippen MR) is 203 cm³/mol. The summed E-state index contributed by atoms with van der Waals surface area (Å²) in [4.78, 5) is 41.3. The van der Waals surface area contributed by atoms with Crippen molar-refractivity contribution in [3.8, 4) is 0 Å². The highest BCUT2D eigenvalue weighted by molar-refractivity contribution is 9.10. The molecule has 1 amide bonds. The summed E-state index contributed by atoms with van der Waals surface area (Å²) in [5.74, 6) is -0.955. The molecule has 0 spiro atoms. The average Bonchev–Trinajstić information content (AvgIpc) is 3.69. The Bertz CT molecular complexity index is 1720. The molecule has 0 fully saturated rings. The van der Waals surface area contributed by atoms with Crippen LogP contribution in [0.2, 0.25) is 0 Å². The zero-order valence-electron chi connectivity index (χ0n) is 28.0. The second-order valence-electron chi connectivity index (χ2n) is 13.7. The second-order valence-corrected chi connectivity index (χ2v) is 17.6. The first-order valence-corrected chi connectivity index (χ1v) is 18.8. The van der Waals surface area contributed by atoms with Crippen LogP contribution in [0.5, 0.6) is 0 Å². The molecule has 0 bridgehead atoms. The lowest BCUT2D eigenvalue weighted by molar-refractivity contribution is 0.0701. The van der Waals surface area contributed by atoms with E-state index in [0.717, 1.165) is 62.5 Å². The fourth-order valence-corrected chi connectivity index (χ4v) is 7.58. The maximum atomic E-state index is 12.6. The molecule has 2 aliphatic carbocycles. The summed E-state index contributed by atoms with van der Waals surface area (Å²) in [7, 11) is 0. The highest BCUT2D eigenvalue weighted by Gasteiger charge is 2.26. The summed E-state index contributed by atoms with van der Waals surface area (Å²) in [6, 6.07) is 4.37. The predicted octanol–water partition coefficient (Wildman–Crippen LogP) is 9.15. The number of carbonyl (C=O) groups is 2. The number of carboxylic acids is 1. The number of nitrogens with zero attached hydrogens (tertiary/aromatic N) is 4. The first kappa shape index (κ1) is 40.1. The molecule has 0 aromatic carbocycles. The highest BCUT2D eigenvalue weighted by Crippen LogP contribution is 2.32. The third kappa shape index (κ3) is 10.9. The molecule has 0 saturated heterocycles. The van der Waals surface area contributed by atoms with E-state index in [1.165, 1.54) is 46.4 Å². The van der Waals surface area contributed by atoms with Crippen LogP contribution in [0.15, 0.2) is 45.9 Å². The van der Waals surface area contributed by atoms with Gasteiger partial charge >= 0.3 is 5.97 Å². The van der Waals surface area contributed by atoms with Crippen LogP contribution in [0.4, 0.5) is 0 Å². The lowest BCUT2D eigenvalue weighted by atomic mass is 9.92. The van der Waals surface area contributed by atoms with Crippen molar-refractivity contribution in [3.05, 3.63) is 88.1 Å². The number of aromatic nitrogens is 4. The van der Waals surface area contributed by atoms with E-state index in [1.54, 1.807) is 12.4 Å². The number of nitrogens with one attached hydrogen (secondary N) is 1. The van der Waals surface area contributed by atoms with Crippen LogP contribution < -0.4 is 11.1 Å². The fraction of sp³-hybridized carbons (Fsp3) is 0.471. The molecule has 260 valence electrons. The topological polar surface area (TPSA) is 144 Å². The van der Waals surface area contributed by atoms with Gasteiger partial charge in [0.15, 0.2) is 0 Å². The number of amides is 1. The van der Waals surface area contributed by atoms with Gasteiger partial charge in [-0.1, -0.05) is 41.5 Å². The number of carbonyl (C=O) groups excluding carboxylic acids is 1. The minimum absolute atomic E-state index is 0. The van der Waals surface area contributed by atoms with Crippen LogP contribution >= 0.6 is 66.9 Å². The molecule has 48 heavy (non-hydrogen) atoms. The Morgan fingerprint density at radius 3 is 1.77 bits per heavy atom. The Labute approximate surface area is 313 Å².